The first kappa shape index (κ1) is 9.02. The minimum atomic E-state index is 0.801. The van der Waals surface area contributed by atoms with E-state index in [1.54, 1.807) is 0 Å². The topological polar surface area (TPSA) is 0 Å². The van der Waals surface area contributed by atoms with Gasteiger partial charge in [-0.2, -0.15) is 0 Å². The van der Waals surface area contributed by atoms with Crippen molar-refractivity contribution in [1.29, 1.82) is 0 Å². The van der Waals surface area contributed by atoms with Crippen LogP contribution in [0.25, 0.3) is 0 Å². The smallest absolute Gasteiger partial charge is 0.0233 e. The highest BCUT2D eigenvalue weighted by Crippen LogP contribution is 2.12. The Kier molecular flexibility index (Phi) is 6.93. The zero-order chi connectivity index (χ0) is 6.41. The van der Waals surface area contributed by atoms with Gasteiger partial charge in [0.25, 0.3) is 0 Å². The molecule has 0 saturated carbocycles. The highest BCUT2D eigenvalue weighted by atomic mass is 127. The fraction of sp³-hybridized carbons (Fsp3) is 1.00. The van der Waals surface area contributed by atoms with Gasteiger partial charge in [0, 0.05) is 9.80 Å². The van der Waals surface area contributed by atoms with Gasteiger partial charge in [0.1, 0.15) is 0 Å². The third-order valence-electron chi connectivity index (χ3n) is 1.02. The third kappa shape index (κ3) is 5.16. The van der Waals surface area contributed by atoms with Crippen LogP contribution in [0.4, 0.5) is 0 Å². The molecule has 0 aliphatic heterocycles. The van der Waals surface area contributed by atoms with E-state index in [1.807, 2.05) is 0 Å². The molecule has 50 valence electrons. The summed E-state index contributed by atoms with van der Waals surface area (Å²) in [6.07, 6.45) is 3.76. The van der Waals surface area contributed by atoms with E-state index in [0.29, 0.717) is 0 Å². The number of hydrogen-bond donors (Lipinski definition) is 0. The molecule has 0 radical (unpaired) electrons. The molecule has 0 aliphatic carbocycles. The minimum absolute atomic E-state index is 0.801. The lowest BCUT2D eigenvalue weighted by Gasteiger charge is -2.02. The lowest BCUT2D eigenvalue weighted by molar-refractivity contribution is 0.744. The predicted molar refractivity (Wildman–Crippen MR) is 48.1 cm³/mol. The van der Waals surface area contributed by atoms with Crippen molar-refractivity contribution in [2.45, 2.75) is 30.1 Å². The van der Waals surface area contributed by atoms with Crippen LogP contribution in [0.15, 0.2) is 0 Å². The number of alkyl halides is 2. The zero-order valence-electron chi connectivity index (χ0n) is 5.16. The van der Waals surface area contributed by atoms with Crippen molar-refractivity contribution in [3.05, 3.63) is 0 Å². The van der Waals surface area contributed by atoms with E-state index >= 15 is 0 Å². The molecule has 0 aromatic carbocycles. The van der Waals surface area contributed by atoms with Gasteiger partial charge in [-0.25, -0.2) is 0 Å². The second-order valence-electron chi connectivity index (χ2n) is 1.86. The van der Waals surface area contributed by atoms with Crippen LogP contribution in [0.5, 0.6) is 0 Å². The highest BCUT2D eigenvalue weighted by Gasteiger charge is 1.98. The first-order chi connectivity index (χ1) is 3.81. The van der Waals surface area contributed by atoms with Gasteiger partial charge < -0.3 is 0 Å². The highest BCUT2D eigenvalue weighted by molar-refractivity contribution is 14.1. The Hall–Kier alpha value is 1.02. The van der Waals surface area contributed by atoms with Gasteiger partial charge in [-0.05, 0) is 12.8 Å². The summed E-state index contributed by atoms with van der Waals surface area (Å²) in [5.74, 6) is 0.813. The second-order valence-corrected chi connectivity index (χ2v) is 4.00. The summed E-state index contributed by atoms with van der Waals surface area (Å²) >= 11 is 7.98. The minimum Gasteiger partial charge on any atom is -0.127 e. The summed E-state index contributed by atoms with van der Waals surface area (Å²) in [5.41, 5.74) is 0. The maximum atomic E-state index is 5.53. The lowest BCUT2D eigenvalue weighted by atomic mass is 10.2. The monoisotopic (exact) mass is 246 g/mol. The summed E-state index contributed by atoms with van der Waals surface area (Å²) in [7, 11) is 0. The van der Waals surface area contributed by atoms with Crippen molar-refractivity contribution in [1.82, 2.24) is 0 Å². The molecule has 0 spiro atoms. The largest absolute Gasteiger partial charge is 0.127 e. The summed E-state index contributed by atoms with van der Waals surface area (Å²) in [6.45, 7) is 2.21. The van der Waals surface area contributed by atoms with Gasteiger partial charge in [0.05, 0.1) is 0 Å². The molecule has 0 aromatic heterocycles. The van der Waals surface area contributed by atoms with Crippen LogP contribution >= 0.6 is 34.2 Å². The quantitative estimate of drug-likeness (QED) is 0.528. The number of halogens is 2. The van der Waals surface area contributed by atoms with Crippen molar-refractivity contribution >= 4 is 34.2 Å². The molecule has 0 saturated heterocycles. The fourth-order valence-electron chi connectivity index (χ4n) is 0.576. The van der Waals surface area contributed by atoms with Crippen molar-refractivity contribution in [2.24, 2.45) is 0 Å². The summed E-state index contributed by atoms with van der Waals surface area (Å²) < 4.78 is 0.801. The Bertz CT molecular complexity index is 41.8. The molecule has 0 heterocycles. The van der Waals surface area contributed by atoms with Gasteiger partial charge in [-0.3, -0.25) is 0 Å². The molecule has 1 unspecified atom stereocenters. The van der Waals surface area contributed by atoms with Crippen LogP contribution in [0, 0.1) is 0 Å². The SMILES string of the molecule is CCCC(I)CCCl. The Labute approximate surface area is 70.1 Å². The predicted octanol–water partition coefficient (Wildman–Crippen LogP) is 3.22. The van der Waals surface area contributed by atoms with Crippen LogP contribution in [0.2, 0.25) is 0 Å². The molecule has 0 rings (SSSR count). The van der Waals surface area contributed by atoms with Crippen molar-refractivity contribution in [3.8, 4) is 0 Å². The molecule has 0 aliphatic rings. The van der Waals surface area contributed by atoms with Crippen LogP contribution in [0.1, 0.15) is 26.2 Å². The fourth-order valence-corrected chi connectivity index (χ4v) is 2.14. The van der Waals surface area contributed by atoms with Gasteiger partial charge in [-0.15, -0.1) is 11.6 Å². The maximum Gasteiger partial charge on any atom is 0.0233 e. The molecule has 0 aromatic rings. The molecule has 0 nitrogen and oxygen atoms in total. The van der Waals surface area contributed by atoms with Gasteiger partial charge in [-0.1, -0.05) is 35.9 Å². The van der Waals surface area contributed by atoms with Crippen LogP contribution in [-0.2, 0) is 0 Å². The summed E-state index contributed by atoms with van der Waals surface area (Å²) in [4.78, 5) is 0. The van der Waals surface area contributed by atoms with E-state index < -0.39 is 0 Å². The van der Waals surface area contributed by atoms with Crippen LogP contribution in [0.3, 0.4) is 0 Å². The molecule has 0 fully saturated rings. The Morgan fingerprint density at radius 3 is 2.50 bits per heavy atom. The van der Waals surface area contributed by atoms with Gasteiger partial charge in [0.15, 0.2) is 0 Å². The van der Waals surface area contributed by atoms with Crippen LogP contribution < -0.4 is 0 Å². The van der Waals surface area contributed by atoms with E-state index in [4.69, 9.17) is 11.6 Å². The van der Waals surface area contributed by atoms with Gasteiger partial charge >= 0.3 is 0 Å². The van der Waals surface area contributed by atoms with Crippen molar-refractivity contribution < 1.29 is 0 Å². The molecule has 8 heavy (non-hydrogen) atoms. The van der Waals surface area contributed by atoms with E-state index in [-0.39, 0.29) is 0 Å². The average Bonchev–Trinajstić information content (AvgIpc) is 1.68. The Morgan fingerprint density at radius 2 is 2.12 bits per heavy atom. The maximum absolute atomic E-state index is 5.53. The first-order valence-corrected chi connectivity index (χ1v) is 4.79. The number of rotatable bonds is 4. The average molecular weight is 247 g/mol. The molecule has 2 heteroatoms. The molecule has 0 N–H and O–H groups in total. The normalized spacial score (nSPS) is 13.9. The summed E-state index contributed by atoms with van der Waals surface area (Å²) in [5, 5.41) is 0. The number of hydrogen-bond acceptors (Lipinski definition) is 0. The Morgan fingerprint density at radius 1 is 1.50 bits per heavy atom. The molecule has 0 amide bonds. The lowest BCUT2D eigenvalue weighted by Crippen LogP contribution is -1.96. The van der Waals surface area contributed by atoms with E-state index in [1.165, 1.54) is 12.8 Å². The van der Waals surface area contributed by atoms with E-state index in [2.05, 4.69) is 29.5 Å². The van der Waals surface area contributed by atoms with Gasteiger partial charge in [0.2, 0.25) is 0 Å². The third-order valence-corrected chi connectivity index (χ3v) is 2.49. The van der Waals surface area contributed by atoms with Crippen LogP contribution in [-0.4, -0.2) is 9.80 Å². The van der Waals surface area contributed by atoms with Crippen molar-refractivity contribution in [3.63, 3.8) is 0 Å². The first-order valence-electron chi connectivity index (χ1n) is 3.01. The molecular formula is C6H12ClI. The Balaban J connectivity index is 2.92. The second kappa shape index (κ2) is 6.14. The molecule has 1 atom stereocenters. The standard InChI is InChI=1S/C6H12ClI/c1-2-3-6(8)4-5-7/h6H,2-5H2,1H3. The zero-order valence-corrected chi connectivity index (χ0v) is 8.08. The molecular weight excluding hydrogens is 234 g/mol. The molecule has 0 bridgehead atoms. The summed E-state index contributed by atoms with van der Waals surface area (Å²) in [6, 6.07) is 0. The van der Waals surface area contributed by atoms with E-state index in [0.717, 1.165) is 16.2 Å². The van der Waals surface area contributed by atoms with E-state index in [9.17, 15) is 0 Å². The van der Waals surface area contributed by atoms with Crippen molar-refractivity contribution in [2.75, 3.05) is 5.88 Å².